The average molecular weight is 296 g/mol. The molecule has 114 valence electrons. The third-order valence-corrected chi connectivity index (χ3v) is 3.78. The fourth-order valence-corrected chi connectivity index (χ4v) is 2.53. The van der Waals surface area contributed by atoms with E-state index in [-0.39, 0.29) is 0 Å². The van der Waals surface area contributed by atoms with Crippen LogP contribution in [0.15, 0.2) is 36.5 Å². The number of hydrogen-bond acceptors (Lipinski definition) is 4. The molecule has 0 aliphatic heterocycles. The van der Waals surface area contributed by atoms with Gasteiger partial charge in [-0.05, 0) is 18.6 Å². The number of imidazole rings is 1. The average Bonchev–Trinajstić information content (AvgIpc) is 2.84. The summed E-state index contributed by atoms with van der Waals surface area (Å²) in [7, 11) is 3.70. The second-order valence-electron chi connectivity index (χ2n) is 5.29. The summed E-state index contributed by atoms with van der Waals surface area (Å²) in [5.74, 6) is 0.829. The lowest BCUT2D eigenvalue weighted by Crippen LogP contribution is -2.10. The van der Waals surface area contributed by atoms with Gasteiger partial charge in [-0.25, -0.2) is 4.98 Å². The smallest absolute Gasteiger partial charge is 0.203 e. The minimum atomic E-state index is 0.649. The molecule has 3 rings (SSSR count). The summed E-state index contributed by atoms with van der Waals surface area (Å²) in [5.41, 5.74) is 5.29. The first-order valence-corrected chi connectivity index (χ1v) is 7.32. The lowest BCUT2D eigenvalue weighted by atomic mass is 10.1. The van der Waals surface area contributed by atoms with E-state index in [1.165, 1.54) is 5.56 Å². The van der Waals surface area contributed by atoms with E-state index in [0.29, 0.717) is 6.61 Å². The first kappa shape index (κ1) is 14.5. The van der Waals surface area contributed by atoms with Crippen molar-refractivity contribution in [3.63, 3.8) is 0 Å². The van der Waals surface area contributed by atoms with Crippen LogP contribution in [0.1, 0.15) is 5.56 Å². The van der Waals surface area contributed by atoms with Crippen molar-refractivity contribution >= 4 is 17.0 Å². The molecule has 2 aromatic heterocycles. The van der Waals surface area contributed by atoms with Gasteiger partial charge in [0.1, 0.15) is 5.52 Å². The first-order valence-electron chi connectivity index (χ1n) is 7.32. The van der Waals surface area contributed by atoms with E-state index in [1.54, 1.807) is 7.11 Å². The molecule has 0 atom stereocenters. The van der Waals surface area contributed by atoms with Gasteiger partial charge in [-0.2, -0.15) is 0 Å². The number of aromatic nitrogens is 3. The number of nitrogens with zero attached hydrogens (tertiary/aromatic N) is 3. The summed E-state index contributed by atoms with van der Waals surface area (Å²) in [6.07, 6.45) is 1.83. The van der Waals surface area contributed by atoms with Gasteiger partial charge >= 0.3 is 0 Å². The molecule has 1 N–H and O–H groups in total. The lowest BCUT2D eigenvalue weighted by Gasteiger charge is -2.06. The predicted octanol–water partition coefficient (Wildman–Crippen LogP) is 3.00. The minimum absolute atomic E-state index is 0.649. The van der Waals surface area contributed by atoms with Crippen molar-refractivity contribution in [2.75, 3.05) is 25.6 Å². The summed E-state index contributed by atoms with van der Waals surface area (Å²) in [6, 6.07) is 10.4. The number of methoxy groups -OCH3 is 1. The molecule has 0 aliphatic rings. The SMILES string of the molecule is COCCNc1nc2cnc(-c3ccccc3C)cc2n1C. The van der Waals surface area contributed by atoms with E-state index in [1.807, 2.05) is 25.4 Å². The Hall–Kier alpha value is -2.40. The normalized spacial score (nSPS) is 11.0. The van der Waals surface area contributed by atoms with Crippen molar-refractivity contribution < 1.29 is 4.74 Å². The molecule has 2 heterocycles. The van der Waals surface area contributed by atoms with Gasteiger partial charge < -0.3 is 14.6 Å². The molecule has 22 heavy (non-hydrogen) atoms. The van der Waals surface area contributed by atoms with Gasteiger partial charge in [-0.1, -0.05) is 24.3 Å². The van der Waals surface area contributed by atoms with Gasteiger partial charge in [0.15, 0.2) is 0 Å². The Morgan fingerprint density at radius 1 is 1.27 bits per heavy atom. The van der Waals surface area contributed by atoms with Gasteiger partial charge in [0.05, 0.1) is 24.0 Å². The minimum Gasteiger partial charge on any atom is -0.383 e. The van der Waals surface area contributed by atoms with E-state index in [2.05, 4.69) is 45.0 Å². The molecule has 0 fully saturated rings. The number of benzene rings is 1. The van der Waals surface area contributed by atoms with Crippen LogP contribution in [0.25, 0.3) is 22.3 Å². The highest BCUT2D eigenvalue weighted by Gasteiger charge is 2.10. The molecule has 5 nitrogen and oxygen atoms in total. The van der Waals surface area contributed by atoms with Crippen molar-refractivity contribution in [1.29, 1.82) is 0 Å². The predicted molar refractivity (Wildman–Crippen MR) is 89.0 cm³/mol. The van der Waals surface area contributed by atoms with Crippen molar-refractivity contribution in [2.45, 2.75) is 6.92 Å². The number of pyridine rings is 1. The molecule has 0 bridgehead atoms. The van der Waals surface area contributed by atoms with Crippen LogP contribution in [-0.2, 0) is 11.8 Å². The van der Waals surface area contributed by atoms with E-state index in [4.69, 9.17) is 4.74 Å². The van der Waals surface area contributed by atoms with E-state index in [9.17, 15) is 0 Å². The molecule has 0 saturated heterocycles. The molecule has 0 amide bonds. The van der Waals surface area contributed by atoms with E-state index < -0.39 is 0 Å². The number of anilines is 1. The highest BCUT2D eigenvalue weighted by atomic mass is 16.5. The Bertz CT molecular complexity index is 794. The number of nitrogens with one attached hydrogen (secondary N) is 1. The zero-order valence-electron chi connectivity index (χ0n) is 13.1. The van der Waals surface area contributed by atoms with E-state index >= 15 is 0 Å². The molecule has 0 radical (unpaired) electrons. The summed E-state index contributed by atoms with van der Waals surface area (Å²) >= 11 is 0. The Labute approximate surface area is 130 Å². The van der Waals surface area contributed by atoms with Gasteiger partial charge in [0.2, 0.25) is 5.95 Å². The van der Waals surface area contributed by atoms with Gasteiger partial charge in [0.25, 0.3) is 0 Å². The van der Waals surface area contributed by atoms with Crippen LogP contribution in [0.4, 0.5) is 5.95 Å². The summed E-state index contributed by atoms with van der Waals surface area (Å²) in [6.45, 7) is 3.48. The van der Waals surface area contributed by atoms with Crippen LogP contribution < -0.4 is 5.32 Å². The summed E-state index contributed by atoms with van der Waals surface area (Å²) in [4.78, 5) is 9.14. The second kappa shape index (κ2) is 6.15. The van der Waals surface area contributed by atoms with Crippen LogP contribution >= 0.6 is 0 Å². The molecule has 1 aromatic carbocycles. The molecule has 3 aromatic rings. The van der Waals surface area contributed by atoms with Crippen molar-refractivity contribution in [3.05, 3.63) is 42.1 Å². The third kappa shape index (κ3) is 2.67. The first-order chi connectivity index (χ1) is 10.7. The zero-order chi connectivity index (χ0) is 15.5. The molecule has 0 unspecified atom stereocenters. The van der Waals surface area contributed by atoms with Crippen LogP contribution in [-0.4, -0.2) is 34.8 Å². The zero-order valence-corrected chi connectivity index (χ0v) is 13.1. The molecule has 0 spiro atoms. The Balaban J connectivity index is 1.99. The largest absolute Gasteiger partial charge is 0.383 e. The number of fused-ring (bicyclic) bond motifs is 1. The highest BCUT2D eigenvalue weighted by Crippen LogP contribution is 2.25. The Morgan fingerprint density at radius 3 is 2.86 bits per heavy atom. The monoisotopic (exact) mass is 296 g/mol. The fraction of sp³-hybridized carbons (Fsp3) is 0.294. The van der Waals surface area contributed by atoms with Crippen LogP contribution in [0, 0.1) is 6.92 Å². The summed E-state index contributed by atoms with van der Waals surface area (Å²) in [5, 5.41) is 3.27. The molecule has 0 aliphatic carbocycles. The molecular formula is C17H20N4O. The molecule has 5 heteroatoms. The van der Waals surface area contributed by atoms with Gasteiger partial charge in [-0.3, -0.25) is 4.98 Å². The third-order valence-electron chi connectivity index (χ3n) is 3.78. The maximum atomic E-state index is 5.06. The maximum Gasteiger partial charge on any atom is 0.203 e. The van der Waals surface area contributed by atoms with Crippen LogP contribution in [0.5, 0.6) is 0 Å². The topological polar surface area (TPSA) is 52.0 Å². The van der Waals surface area contributed by atoms with Crippen molar-refractivity contribution in [2.24, 2.45) is 7.05 Å². The maximum absolute atomic E-state index is 5.06. The number of aryl methyl sites for hydroxylation is 2. The van der Waals surface area contributed by atoms with Crippen molar-refractivity contribution in [3.8, 4) is 11.3 Å². The van der Waals surface area contributed by atoms with Gasteiger partial charge in [0, 0.05) is 26.3 Å². The number of rotatable bonds is 5. The quantitative estimate of drug-likeness (QED) is 0.735. The number of hydrogen-bond donors (Lipinski definition) is 1. The lowest BCUT2D eigenvalue weighted by molar-refractivity contribution is 0.210. The fourth-order valence-electron chi connectivity index (χ4n) is 2.53. The standard InChI is InChI=1S/C17H20N4O/c1-12-6-4-5-7-13(12)14-10-16-15(11-19-14)20-17(21(16)2)18-8-9-22-3/h4-7,10-11H,8-9H2,1-3H3,(H,18,20). The Morgan fingerprint density at radius 2 is 2.09 bits per heavy atom. The van der Waals surface area contributed by atoms with Crippen LogP contribution in [0.3, 0.4) is 0 Å². The van der Waals surface area contributed by atoms with Crippen molar-refractivity contribution in [1.82, 2.24) is 14.5 Å². The second-order valence-corrected chi connectivity index (χ2v) is 5.29. The highest BCUT2D eigenvalue weighted by molar-refractivity contribution is 5.82. The Kier molecular flexibility index (Phi) is 4.06. The molecule has 0 saturated carbocycles. The molecular weight excluding hydrogens is 276 g/mol. The van der Waals surface area contributed by atoms with E-state index in [0.717, 1.165) is 34.8 Å². The summed E-state index contributed by atoms with van der Waals surface area (Å²) < 4.78 is 7.11. The van der Waals surface area contributed by atoms with Crippen LogP contribution in [0.2, 0.25) is 0 Å². The van der Waals surface area contributed by atoms with Gasteiger partial charge in [-0.15, -0.1) is 0 Å². The number of ether oxygens (including phenoxy) is 1.